The molecule has 0 amide bonds. The number of benzene rings is 1. The smallest absolute Gasteiger partial charge is 0.133 e. The summed E-state index contributed by atoms with van der Waals surface area (Å²) in [6, 6.07) is 8.50. The average Bonchev–Trinajstić information content (AvgIpc) is 2.78. The van der Waals surface area contributed by atoms with Crippen LogP contribution < -0.4 is 0 Å². The molecule has 2 nitrogen and oxygen atoms in total. The van der Waals surface area contributed by atoms with Gasteiger partial charge in [-0.05, 0) is 25.8 Å². The van der Waals surface area contributed by atoms with Crippen molar-refractivity contribution < 1.29 is 0 Å². The van der Waals surface area contributed by atoms with Crippen molar-refractivity contribution in [1.29, 1.82) is 0 Å². The van der Waals surface area contributed by atoms with Crippen LogP contribution in [-0.2, 0) is 0 Å². The summed E-state index contributed by atoms with van der Waals surface area (Å²) < 4.78 is 1.30. The molecule has 0 atom stereocenters. The summed E-state index contributed by atoms with van der Waals surface area (Å²) in [6.07, 6.45) is 2.21. The quantitative estimate of drug-likeness (QED) is 0.665. The minimum atomic E-state index is 0.480. The predicted molar refractivity (Wildman–Crippen MR) is 83.0 cm³/mol. The standard InChI is InChI=1S/C16H18N2S/c1-4-11(5-2)15-17-10(3)14-12-8-6-7-9-13(12)19-16(14)18-15/h6-9,11H,4-5H2,1-3H3. The third-order valence-electron chi connectivity index (χ3n) is 3.79. The summed E-state index contributed by atoms with van der Waals surface area (Å²) >= 11 is 1.78. The number of hydrogen-bond donors (Lipinski definition) is 0. The Labute approximate surface area is 117 Å². The zero-order chi connectivity index (χ0) is 13.4. The second-order valence-electron chi connectivity index (χ2n) is 4.96. The molecule has 19 heavy (non-hydrogen) atoms. The molecule has 0 radical (unpaired) electrons. The van der Waals surface area contributed by atoms with E-state index in [1.165, 1.54) is 15.5 Å². The van der Waals surface area contributed by atoms with Gasteiger partial charge in [-0.1, -0.05) is 32.0 Å². The summed E-state index contributed by atoms with van der Waals surface area (Å²) in [5.74, 6) is 1.50. The Morgan fingerprint density at radius 3 is 2.58 bits per heavy atom. The van der Waals surface area contributed by atoms with Crippen molar-refractivity contribution in [3.8, 4) is 0 Å². The molecule has 0 fully saturated rings. The summed E-state index contributed by atoms with van der Waals surface area (Å²) in [7, 11) is 0. The summed E-state index contributed by atoms with van der Waals surface area (Å²) in [6.45, 7) is 6.53. The predicted octanol–water partition coefficient (Wildman–Crippen LogP) is 5.06. The molecular weight excluding hydrogens is 252 g/mol. The van der Waals surface area contributed by atoms with Gasteiger partial charge in [-0.3, -0.25) is 0 Å². The minimum absolute atomic E-state index is 0.480. The van der Waals surface area contributed by atoms with Crippen LogP contribution in [-0.4, -0.2) is 9.97 Å². The van der Waals surface area contributed by atoms with Crippen molar-refractivity contribution in [3.63, 3.8) is 0 Å². The second kappa shape index (κ2) is 4.89. The lowest BCUT2D eigenvalue weighted by atomic mass is 10.0. The first kappa shape index (κ1) is 12.5. The molecule has 3 aromatic rings. The molecule has 0 aliphatic heterocycles. The molecule has 0 saturated carbocycles. The van der Waals surface area contributed by atoms with E-state index in [1.54, 1.807) is 11.3 Å². The highest BCUT2D eigenvalue weighted by Gasteiger charge is 2.15. The molecule has 2 aromatic heterocycles. The molecule has 2 heterocycles. The van der Waals surface area contributed by atoms with Crippen LogP contribution >= 0.6 is 11.3 Å². The lowest BCUT2D eigenvalue weighted by Crippen LogP contribution is -2.03. The van der Waals surface area contributed by atoms with E-state index in [0.29, 0.717) is 5.92 Å². The van der Waals surface area contributed by atoms with Gasteiger partial charge in [0.25, 0.3) is 0 Å². The molecule has 3 heteroatoms. The van der Waals surface area contributed by atoms with E-state index in [-0.39, 0.29) is 0 Å². The molecule has 0 N–H and O–H groups in total. The number of nitrogens with zero attached hydrogens (tertiary/aromatic N) is 2. The molecule has 0 unspecified atom stereocenters. The first-order valence-corrected chi connectivity index (χ1v) is 7.72. The zero-order valence-corrected chi connectivity index (χ0v) is 12.4. The monoisotopic (exact) mass is 270 g/mol. The van der Waals surface area contributed by atoms with Crippen LogP contribution in [0.25, 0.3) is 20.3 Å². The molecule has 0 saturated heterocycles. The molecule has 3 rings (SSSR count). The molecule has 0 bridgehead atoms. The van der Waals surface area contributed by atoms with Crippen LogP contribution in [0.5, 0.6) is 0 Å². The number of fused-ring (bicyclic) bond motifs is 3. The van der Waals surface area contributed by atoms with Gasteiger partial charge in [0.1, 0.15) is 10.7 Å². The number of aromatic nitrogens is 2. The van der Waals surface area contributed by atoms with Gasteiger partial charge in [0.05, 0.1) is 5.69 Å². The first-order valence-electron chi connectivity index (χ1n) is 6.90. The van der Waals surface area contributed by atoms with Crippen molar-refractivity contribution in [2.45, 2.75) is 39.5 Å². The van der Waals surface area contributed by atoms with Crippen LogP contribution in [0.2, 0.25) is 0 Å². The van der Waals surface area contributed by atoms with E-state index in [2.05, 4.69) is 45.0 Å². The lowest BCUT2D eigenvalue weighted by Gasteiger charge is -2.11. The van der Waals surface area contributed by atoms with Gasteiger partial charge in [0.15, 0.2) is 0 Å². The van der Waals surface area contributed by atoms with Crippen molar-refractivity contribution in [1.82, 2.24) is 9.97 Å². The first-order chi connectivity index (χ1) is 9.24. The van der Waals surface area contributed by atoms with Gasteiger partial charge >= 0.3 is 0 Å². The second-order valence-corrected chi connectivity index (χ2v) is 5.99. The Morgan fingerprint density at radius 1 is 1.11 bits per heavy atom. The maximum atomic E-state index is 4.82. The third kappa shape index (κ3) is 2.02. The average molecular weight is 270 g/mol. The van der Waals surface area contributed by atoms with E-state index in [9.17, 15) is 0 Å². The maximum Gasteiger partial charge on any atom is 0.133 e. The van der Waals surface area contributed by atoms with Crippen molar-refractivity contribution in [2.24, 2.45) is 0 Å². The SMILES string of the molecule is CCC(CC)c1nc(C)c2c(n1)sc1ccccc12. The van der Waals surface area contributed by atoms with Gasteiger partial charge in [0.2, 0.25) is 0 Å². The number of thiophene rings is 1. The highest BCUT2D eigenvalue weighted by molar-refractivity contribution is 7.25. The van der Waals surface area contributed by atoms with E-state index in [4.69, 9.17) is 9.97 Å². The van der Waals surface area contributed by atoms with Gasteiger partial charge in [-0.2, -0.15) is 0 Å². The van der Waals surface area contributed by atoms with Crippen LogP contribution in [0.15, 0.2) is 24.3 Å². The molecule has 0 aliphatic rings. The Kier molecular flexibility index (Phi) is 3.23. The Balaban J connectivity index is 2.29. The van der Waals surface area contributed by atoms with Crippen molar-refractivity contribution >= 4 is 31.6 Å². The molecule has 0 aliphatic carbocycles. The molecule has 0 spiro atoms. The summed E-state index contributed by atoms with van der Waals surface area (Å²) in [5.41, 5.74) is 1.12. The number of rotatable bonds is 3. The summed E-state index contributed by atoms with van der Waals surface area (Å²) in [4.78, 5) is 10.7. The fourth-order valence-electron chi connectivity index (χ4n) is 2.65. The molecule has 98 valence electrons. The number of hydrogen-bond acceptors (Lipinski definition) is 3. The van der Waals surface area contributed by atoms with E-state index >= 15 is 0 Å². The third-order valence-corrected chi connectivity index (χ3v) is 4.85. The van der Waals surface area contributed by atoms with Crippen LogP contribution in [0.3, 0.4) is 0 Å². The Bertz CT molecular complexity index is 726. The van der Waals surface area contributed by atoms with Gasteiger partial charge in [0, 0.05) is 21.4 Å². The fourth-order valence-corrected chi connectivity index (χ4v) is 3.79. The Hall–Kier alpha value is -1.48. The highest BCUT2D eigenvalue weighted by atomic mass is 32.1. The van der Waals surface area contributed by atoms with Crippen LogP contribution in [0.1, 0.15) is 44.1 Å². The topological polar surface area (TPSA) is 25.8 Å². The van der Waals surface area contributed by atoms with Crippen molar-refractivity contribution in [2.75, 3.05) is 0 Å². The molecular formula is C16H18N2S. The normalized spacial score (nSPS) is 11.8. The summed E-state index contributed by atoms with van der Waals surface area (Å²) in [5, 5.41) is 2.52. The van der Waals surface area contributed by atoms with E-state index in [1.807, 2.05) is 0 Å². The van der Waals surface area contributed by atoms with Gasteiger partial charge < -0.3 is 0 Å². The fraction of sp³-hybridized carbons (Fsp3) is 0.375. The zero-order valence-electron chi connectivity index (χ0n) is 11.6. The van der Waals surface area contributed by atoms with Crippen LogP contribution in [0, 0.1) is 6.92 Å². The minimum Gasteiger partial charge on any atom is -0.237 e. The lowest BCUT2D eigenvalue weighted by molar-refractivity contribution is 0.603. The largest absolute Gasteiger partial charge is 0.237 e. The number of aryl methyl sites for hydroxylation is 1. The van der Waals surface area contributed by atoms with E-state index in [0.717, 1.165) is 29.2 Å². The Morgan fingerprint density at radius 2 is 1.84 bits per heavy atom. The van der Waals surface area contributed by atoms with Gasteiger partial charge in [-0.15, -0.1) is 11.3 Å². The van der Waals surface area contributed by atoms with Gasteiger partial charge in [-0.25, -0.2) is 9.97 Å². The van der Waals surface area contributed by atoms with Crippen LogP contribution in [0.4, 0.5) is 0 Å². The van der Waals surface area contributed by atoms with Crippen molar-refractivity contribution in [3.05, 3.63) is 35.8 Å². The highest BCUT2D eigenvalue weighted by Crippen LogP contribution is 2.35. The molecule has 1 aromatic carbocycles. The van der Waals surface area contributed by atoms with E-state index < -0.39 is 0 Å². The maximum absolute atomic E-state index is 4.82.